The van der Waals surface area contributed by atoms with Crippen molar-refractivity contribution in [3.63, 3.8) is 0 Å². The number of aromatic hydroxyl groups is 10. The summed E-state index contributed by atoms with van der Waals surface area (Å²) in [6, 6.07) is 6.68. The summed E-state index contributed by atoms with van der Waals surface area (Å²) in [5.41, 5.74) is -9.43. The van der Waals surface area contributed by atoms with Gasteiger partial charge >= 0.3 is 11.9 Å². The van der Waals surface area contributed by atoms with Gasteiger partial charge in [0.2, 0.25) is 11.6 Å². The molecular weight excluding hydrogens is 896 g/mol. The van der Waals surface area contributed by atoms with Crippen LogP contribution < -0.4 is 9.47 Å². The van der Waals surface area contributed by atoms with Crippen molar-refractivity contribution in [2.75, 3.05) is 6.61 Å². The van der Waals surface area contributed by atoms with Gasteiger partial charge in [-0.15, -0.1) is 0 Å². The Morgan fingerprint density at radius 2 is 1.00 bits per heavy atom. The van der Waals surface area contributed by atoms with Gasteiger partial charge in [0, 0.05) is 53.8 Å². The lowest BCUT2D eigenvalue weighted by Gasteiger charge is -2.62. The van der Waals surface area contributed by atoms with E-state index in [1.54, 1.807) is 0 Å². The minimum Gasteiger partial charge on any atom is -0.508 e. The molecule has 5 aliphatic rings. The van der Waals surface area contributed by atoms with Crippen LogP contribution in [0.15, 0.2) is 71.8 Å². The molecule has 9 atom stereocenters. The molecule has 4 aromatic rings. The number of aliphatic hydroxyl groups is 4. The van der Waals surface area contributed by atoms with Crippen molar-refractivity contribution in [3.05, 3.63) is 94.1 Å². The molecule has 1 saturated heterocycles. The lowest BCUT2D eigenvalue weighted by atomic mass is 9.54. The maximum absolute atomic E-state index is 14.6. The summed E-state index contributed by atoms with van der Waals surface area (Å²) in [6.07, 6.45) is -9.62. The molecule has 4 bridgehead atoms. The Morgan fingerprint density at radius 3 is 1.43 bits per heavy atom. The first kappa shape index (κ1) is 44.3. The number of esters is 2. The molecule has 23 heteroatoms. The van der Waals surface area contributed by atoms with E-state index in [-0.39, 0.29) is 22.6 Å². The standard InChI is InChI=1S/C44H36O23/c45-13-42(60)38-20(36-30(9-18-22(48)5-16(46)7-28(18)63-36)65-40(58)14-1-24(50)34(56)25(51)2-14)11-32(54)43(42,61)39-21(12-33(55)44(38,62)67-39)37-31(10-19-23(49)6-17(47)8-29(19)64-37)66-41(59)15-3-26(52)35(57)27(53)4-15/h1-8,11-12,30-31,36-39,45-53,56-57,60-62H,9-10,13H2/t30-,31-,36-,37-,38?,39?,42?,43?,44?/m1/s1. The SMILES string of the molecule is O=C(O[C@@H]1Cc2c(O)cc(O)cc2O[C@@H]1C1=CC(=O)C2(O)C3OC(O)(C(=O)C=C3[C@H]3Oc4cc(O)cc(O)c4C[C@H]3OC(=O)c3cc(O)c(O)c(O)c3)C1C2(O)CO)c1cc(O)c(O)c(O)c1. The number of carbonyl (C=O) groups excluding carboxylic acids is 4. The normalized spacial score (nSPS) is 29.3. The van der Waals surface area contributed by atoms with Crippen LogP contribution in [0.5, 0.6) is 69.0 Å². The van der Waals surface area contributed by atoms with Crippen LogP contribution in [0.4, 0.5) is 0 Å². The predicted octanol–water partition coefficient (Wildman–Crippen LogP) is -0.323. The summed E-state index contributed by atoms with van der Waals surface area (Å²) in [5, 5.41) is 151. The van der Waals surface area contributed by atoms with Crippen molar-refractivity contribution in [2.45, 2.75) is 60.4 Å². The Hall–Kier alpha value is -7.96. The van der Waals surface area contributed by atoms with Gasteiger partial charge in [-0.2, -0.15) is 0 Å². The van der Waals surface area contributed by atoms with Gasteiger partial charge in [-0.25, -0.2) is 9.59 Å². The van der Waals surface area contributed by atoms with Crippen molar-refractivity contribution in [2.24, 2.45) is 5.92 Å². The zero-order valence-electron chi connectivity index (χ0n) is 33.8. The molecule has 0 saturated carbocycles. The number of fused-ring (bicyclic) bond motifs is 8. The molecule has 0 aromatic heterocycles. The largest absolute Gasteiger partial charge is 0.508 e. The number of hydrogen-bond acceptors (Lipinski definition) is 23. The quantitative estimate of drug-likeness (QED) is 0.0834. The van der Waals surface area contributed by atoms with E-state index in [0.29, 0.717) is 24.3 Å². The molecule has 67 heavy (non-hydrogen) atoms. The van der Waals surface area contributed by atoms with E-state index in [9.17, 15) is 90.7 Å². The summed E-state index contributed by atoms with van der Waals surface area (Å²) in [4.78, 5) is 56.3. The summed E-state index contributed by atoms with van der Waals surface area (Å²) in [6.45, 7) is -1.65. The zero-order chi connectivity index (χ0) is 48.4. The monoisotopic (exact) mass is 932 g/mol. The van der Waals surface area contributed by atoms with Gasteiger partial charge in [0.15, 0.2) is 58.1 Å². The van der Waals surface area contributed by atoms with Crippen molar-refractivity contribution in [1.29, 1.82) is 0 Å². The zero-order valence-corrected chi connectivity index (χ0v) is 33.8. The molecule has 350 valence electrons. The molecule has 9 rings (SSSR count). The minimum atomic E-state index is -3.43. The van der Waals surface area contributed by atoms with Gasteiger partial charge in [-0.1, -0.05) is 0 Å². The second kappa shape index (κ2) is 15.0. The van der Waals surface area contributed by atoms with E-state index in [4.69, 9.17) is 23.7 Å². The van der Waals surface area contributed by atoms with Gasteiger partial charge in [-0.3, -0.25) is 9.59 Å². The third-order valence-corrected chi connectivity index (χ3v) is 12.5. The molecule has 4 aliphatic heterocycles. The first-order chi connectivity index (χ1) is 31.5. The summed E-state index contributed by atoms with van der Waals surface area (Å²) >= 11 is 0. The van der Waals surface area contributed by atoms with Gasteiger partial charge in [0.05, 0.1) is 23.7 Å². The predicted molar refractivity (Wildman–Crippen MR) is 214 cm³/mol. The van der Waals surface area contributed by atoms with E-state index >= 15 is 0 Å². The first-order valence-electron chi connectivity index (χ1n) is 19.8. The number of phenols is 10. The topological polar surface area (TPSA) is 398 Å². The van der Waals surface area contributed by atoms with Crippen molar-refractivity contribution in [1.82, 2.24) is 0 Å². The van der Waals surface area contributed by atoms with Crippen LogP contribution in [-0.2, 0) is 36.6 Å². The Kier molecular flexibility index (Phi) is 9.94. The Labute approximate surface area is 373 Å². The molecule has 4 heterocycles. The van der Waals surface area contributed by atoms with Crippen LogP contribution in [0.2, 0.25) is 0 Å². The molecule has 14 N–H and O–H groups in total. The number of carbonyl (C=O) groups is 4. The fourth-order valence-electron chi connectivity index (χ4n) is 9.35. The number of ether oxygens (including phenoxy) is 5. The number of hydrogen-bond donors (Lipinski definition) is 14. The Bertz CT molecular complexity index is 2880. The van der Waals surface area contributed by atoms with Gasteiger partial charge in [-0.05, 0) is 42.0 Å². The van der Waals surface area contributed by atoms with E-state index < -0.39 is 176 Å². The van der Waals surface area contributed by atoms with Gasteiger partial charge in [0.25, 0.3) is 0 Å². The lowest BCUT2D eigenvalue weighted by Crippen LogP contribution is -2.84. The number of ketones is 2. The van der Waals surface area contributed by atoms with Gasteiger partial charge < -0.3 is 95.2 Å². The molecule has 0 amide bonds. The number of benzene rings is 4. The second-order valence-electron chi connectivity index (χ2n) is 16.5. The number of aliphatic hydroxyl groups excluding tert-OH is 1. The molecule has 23 nitrogen and oxygen atoms in total. The minimum absolute atomic E-state index is 0.0935. The fourth-order valence-corrected chi connectivity index (χ4v) is 9.35. The highest BCUT2D eigenvalue weighted by Crippen LogP contribution is 2.59. The van der Waals surface area contributed by atoms with E-state index in [2.05, 4.69) is 0 Å². The van der Waals surface area contributed by atoms with Crippen molar-refractivity contribution in [3.8, 4) is 69.0 Å². The molecule has 0 radical (unpaired) electrons. The average Bonchev–Trinajstić information content (AvgIpc) is 3.26. The molecular formula is C44H36O23. The van der Waals surface area contributed by atoms with Crippen LogP contribution in [-0.4, -0.2) is 149 Å². The van der Waals surface area contributed by atoms with Gasteiger partial charge in [0.1, 0.15) is 58.4 Å². The van der Waals surface area contributed by atoms with Crippen LogP contribution in [0, 0.1) is 5.92 Å². The molecule has 0 spiro atoms. The summed E-state index contributed by atoms with van der Waals surface area (Å²) in [5.74, 6) is -20.1. The summed E-state index contributed by atoms with van der Waals surface area (Å²) in [7, 11) is 0. The van der Waals surface area contributed by atoms with Crippen LogP contribution in [0.25, 0.3) is 0 Å². The molecule has 1 aliphatic carbocycles. The highest BCUT2D eigenvalue weighted by molar-refractivity contribution is 6.06. The summed E-state index contributed by atoms with van der Waals surface area (Å²) < 4.78 is 29.4. The maximum atomic E-state index is 14.6. The second-order valence-corrected chi connectivity index (χ2v) is 16.5. The third kappa shape index (κ3) is 6.53. The van der Waals surface area contributed by atoms with Crippen LogP contribution in [0.1, 0.15) is 31.8 Å². The molecule has 1 fully saturated rings. The number of phenolic OH excluding ortho intramolecular Hbond substituents is 10. The first-order valence-corrected chi connectivity index (χ1v) is 19.8. The molecule has 4 aromatic carbocycles. The number of rotatable bonds is 7. The fraction of sp³-hybridized carbons (Fsp3) is 0.273. The van der Waals surface area contributed by atoms with Crippen LogP contribution >= 0.6 is 0 Å². The van der Waals surface area contributed by atoms with Crippen LogP contribution in [0.3, 0.4) is 0 Å². The smallest absolute Gasteiger partial charge is 0.338 e. The highest BCUT2D eigenvalue weighted by atomic mass is 16.7. The van der Waals surface area contributed by atoms with Crippen molar-refractivity contribution >= 4 is 23.5 Å². The highest BCUT2D eigenvalue weighted by Gasteiger charge is 2.79. The van der Waals surface area contributed by atoms with E-state index in [1.165, 1.54) is 0 Å². The molecule has 5 unspecified atom stereocenters. The van der Waals surface area contributed by atoms with E-state index in [1.807, 2.05) is 0 Å². The van der Waals surface area contributed by atoms with E-state index in [0.717, 1.165) is 36.4 Å². The Morgan fingerprint density at radius 1 is 0.582 bits per heavy atom. The average molecular weight is 933 g/mol. The lowest BCUT2D eigenvalue weighted by molar-refractivity contribution is -0.358. The maximum Gasteiger partial charge on any atom is 0.338 e. The Balaban J connectivity index is 1.15. The third-order valence-electron chi connectivity index (χ3n) is 12.5. The van der Waals surface area contributed by atoms with Crippen molar-refractivity contribution < 1.29 is 114 Å².